The van der Waals surface area contributed by atoms with Gasteiger partial charge in [0, 0.05) is 6.54 Å². The van der Waals surface area contributed by atoms with E-state index in [-0.39, 0.29) is 5.91 Å². The summed E-state index contributed by atoms with van der Waals surface area (Å²) < 4.78 is 10.3. The van der Waals surface area contributed by atoms with Crippen molar-refractivity contribution in [3.05, 3.63) is 23.8 Å². The number of carbonyl (C=O) groups is 1. The maximum Gasteiger partial charge on any atom is 0.255 e. The van der Waals surface area contributed by atoms with Crippen LogP contribution in [0.15, 0.2) is 18.2 Å². The Bertz CT molecular complexity index is 388. The summed E-state index contributed by atoms with van der Waals surface area (Å²) in [6.07, 6.45) is 0. The Labute approximate surface area is 102 Å². The van der Waals surface area contributed by atoms with Gasteiger partial charge in [-0.05, 0) is 24.1 Å². The predicted octanol–water partition coefficient (Wildman–Crippen LogP) is 2.09. The van der Waals surface area contributed by atoms with Gasteiger partial charge in [0.1, 0.15) is 11.5 Å². The lowest BCUT2D eigenvalue weighted by atomic mass is 10.1. The Morgan fingerprint density at radius 1 is 1.29 bits per heavy atom. The van der Waals surface area contributed by atoms with Gasteiger partial charge in [-0.2, -0.15) is 0 Å². The average molecular weight is 237 g/mol. The summed E-state index contributed by atoms with van der Waals surface area (Å²) in [4.78, 5) is 12.0. The Morgan fingerprint density at radius 3 is 2.53 bits per heavy atom. The molecule has 94 valence electrons. The van der Waals surface area contributed by atoms with Crippen LogP contribution in [0.1, 0.15) is 24.2 Å². The summed E-state index contributed by atoms with van der Waals surface area (Å²) in [5.74, 6) is 1.46. The molecule has 0 saturated heterocycles. The number of methoxy groups -OCH3 is 2. The molecule has 1 N–H and O–H groups in total. The van der Waals surface area contributed by atoms with E-state index >= 15 is 0 Å². The van der Waals surface area contributed by atoms with E-state index in [2.05, 4.69) is 5.32 Å². The van der Waals surface area contributed by atoms with Crippen LogP contribution in [0.4, 0.5) is 0 Å². The van der Waals surface area contributed by atoms with Crippen LogP contribution in [-0.4, -0.2) is 26.7 Å². The SMILES string of the molecule is COc1ccc(OC)c(C(=O)NCC(C)C)c1. The van der Waals surface area contributed by atoms with E-state index in [1.54, 1.807) is 32.4 Å². The van der Waals surface area contributed by atoms with E-state index in [0.717, 1.165) is 0 Å². The minimum Gasteiger partial charge on any atom is -0.497 e. The van der Waals surface area contributed by atoms with Gasteiger partial charge in [-0.1, -0.05) is 13.8 Å². The first-order chi connectivity index (χ1) is 8.08. The van der Waals surface area contributed by atoms with Crippen molar-refractivity contribution in [1.29, 1.82) is 0 Å². The van der Waals surface area contributed by atoms with E-state index in [0.29, 0.717) is 29.5 Å². The molecule has 0 spiro atoms. The largest absolute Gasteiger partial charge is 0.497 e. The maximum absolute atomic E-state index is 12.0. The van der Waals surface area contributed by atoms with Gasteiger partial charge in [0.2, 0.25) is 0 Å². The third-order valence-electron chi connectivity index (χ3n) is 2.32. The number of rotatable bonds is 5. The van der Waals surface area contributed by atoms with Crippen molar-refractivity contribution in [3.8, 4) is 11.5 Å². The van der Waals surface area contributed by atoms with Crippen LogP contribution in [0, 0.1) is 5.92 Å². The van der Waals surface area contributed by atoms with Crippen LogP contribution < -0.4 is 14.8 Å². The monoisotopic (exact) mass is 237 g/mol. The third-order valence-corrected chi connectivity index (χ3v) is 2.32. The quantitative estimate of drug-likeness (QED) is 0.853. The van der Waals surface area contributed by atoms with Crippen LogP contribution in [0.5, 0.6) is 11.5 Å². The molecule has 0 atom stereocenters. The molecule has 0 heterocycles. The van der Waals surface area contributed by atoms with E-state index < -0.39 is 0 Å². The Kier molecular flexibility index (Phi) is 4.82. The molecule has 1 amide bonds. The van der Waals surface area contributed by atoms with Crippen molar-refractivity contribution in [2.24, 2.45) is 5.92 Å². The second kappa shape index (κ2) is 6.13. The number of ether oxygens (including phenoxy) is 2. The first kappa shape index (κ1) is 13.4. The molecule has 17 heavy (non-hydrogen) atoms. The second-order valence-electron chi connectivity index (χ2n) is 4.17. The van der Waals surface area contributed by atoms with E-state index in [1.807, 2.05) is 13.8 Å². The number of amides is 1. The molecule has 0 aliphatic heterocycles. The topological polar surface area (TPSA) is 47.6 Å². The van der Waals surface area contributed by atoms with Gasteiger partial charge in [0.25, 0.3) is 5.91 Å². The molecule has 0 unspecified atom stereocenters. The molecule has 0 saturated carbocycles. The number of hydrogen-bond donors (Lipinski definition) is 1. The molecule has 0 aromatic heterocycles. The van der Waals surface area contributed by atoms with E-state index in [9.17, 15) is 4.79 Å². The molecule has 0 aliphatic carbocycles. The normalized spacial score (nSPS) is 10.2. The maximum atomic E-state index is 12.0. The average Bonchev–Trinajstić information content (AvgIpc) is 2.34. The van der Waals surface area contributed by atoms with Gasteiger partial charge >= 0.3 is 0 Å². The smallest absolute Gasteiger partial charge is 0.255 e. The molecule has 0 fully saturated rings. The highest BCUT2D eigenvalue weighted by Gasteiger charge is 2.13. The van der Waals surface area contributed by atoms with Crippen molar-refractivity contribution in [2.75, 3.05) is 20.8 Å². The van der Waals surface area contributed by atoms with Gasteiger partial charge in [-0.15, -0.1) is 0 Å². The number of carbonyl (C=O) groups excluding carboxylic acids is 1. The fourth-order valence-corrected chi connectivity index (χ4v) is 1.38. The Balaban J connectivity index is 2.89. The summed E-state index contributed by atoms with van der Waals surface area (Å²) in [5, 5.41) is 2.85. The van der Waals surface area contributed by atoms with Crippen molar-refractivity contribution < 1.29 is 14.3 Å². The van der Waals surface area contributed by atoms with Crippen LogP contribution in [0.3, 0.4) is 0 Å². The van der Waals surface area contributed by atoms with Crippen molar-refractivity contribution in [1.82, 2.24) is 5.32 Å². The number of nitrogens with one attached hydrogen (secondary N) is 1. The molecule has 0 bridgehead atoms. The highest BCUT2D eigenvalue weighted by molar-refractivity contribution is 5.97. The third kappa shape index (κ3) is 3.66. The second-order valence-corrected chi connectivity index (χ2v) is 4.17. The molecule has 4 nitrogen and oxygen atoms in total. The van der Waals surface area contributed by atoms with Crippen LogP contribution >= 0.6 is 0 Å². The van der Waals surface area contributed by atoms with E-state index in [4.69, 9.17) is 9.47 Å². The van der Waals surface area contributed by atoms with Gasteiger partial charge in [0.05, 0.1) is 19.8 Å². The highest BCUT2D eigenvalue weighted by Crippen LogP contribution is 2.23. The van der Waals surface area contributed by atoms with Crippen molar-refractivity contribution >= 4 is 5.91 Å². The molecule has 4 heteroatoms. The lowest BCUT2D eigenvalue weighted by Crippen LogP contribution is -2.27. The number of hydrogen-bond acceptors (Lipinski definition) is 3. The zero-order chi connectivity index (χ0) is 12.8. The lowest BCUT2D eigenvalue weighted by Gasteiger charge is -2.11. The standard InChI is InChI=1S/C13H19NO3/c1-9(2)8-14-13(15)11-7-10(16-3)5-6-12(11)17-4/h5-7,9H,8H2,1-4H3,(H,14,15). The predicted molar refractivity (Wildman–Crippen MR) is 66.7 cm³/mol. The summed E-state index contributed by atoms with van der Waals surface area (Å²) in [6.45, 7) is 4.73. The minimum atomic E-state index is -0.144. The van der Waals surface area contributed by atoms with Gasteiger partial charge < -0.3 is 14.8 Å². The van der Waals surface area contributed by atoms with Crippen LogP contribution in [-0.2, 0) is 0 Å². The van der Waals surface area contributed by atoms with Crippen molar-refractivity contribution in [2.45, 2.75) is 13.8 Å². The lowest BCUT2D eigenvalue weighted by molar-refractivity contribution is 0.0945. The molecule has 1 aromatic rings. The highest BCUT2D eigenvalue weighted by atomic mass is 16.5. The Hall–Kier alpha value is -1.71. The summed E-state index contributed by atoms with van der Waals surface area (Å²) >= 11 is 0. The molecule has 0 aliphatic rings. The molecule has 0 radical (unpaired) electrons. The number of benzene rings is 1. The fourth-order valence-electron chi connectivity index (χ4n) is 1.38. The minimum absolute atomic E-state index is 0.144. The first-order valence-corrected chi connectivity index (χ1v) is 5.58. The van der Waals surface area contributed by atoms with Gasteiger partial charge in [-0.3, -0.25) is 4.79 Å². The van der Waals surface area contributed by atoms with E-state index in [1.165, 1.54) is 0 Å². The van der Waals surface area contributed by atoms with Gasteiger partial charge in [-0.25, -0.2) is 0 Å². The zero-order valence-electron chi connectivity index (χ0n) is 10.7. The summed E-state index contributed by atoms with van der Waals surface area (Å²) in [5.41, 5.74) is 0.493. The fraction of sp³-hybridized carbons (Fsp3) is 0.462. The molecular formula is C13H19NO3. The summed E-state index contributed by atoms with van der Waals surface area (Å²) in [7, 11) is 3.11. The van der Waals surface area contributed by atoms with Crippen LogP contribution in [0.25, 0.3) is 0 Å². The molecule has 1 rings (SSSR count). The Morgan fingerprint density at radius 2 is 2.00 bits per heavy atom. The summed E-state index contributed by atoms with van der Waals surface area (Å²) in [6, 6.07) is 5.16. The van der Waals surface area contributed by atoms with Gasteiger partial charge in [0.15, 0.2) is 0 Å². The van der Waals surface area contributed by atoms with Crippen molar-refractivity contribution in [3.63, 3.8) is 0 Å². The zero-order valence-corrected chi connectivity index (χ0v) is 10.7. The van der Waals surface area contributed by atoms with Crippen LogP contribution in [0.2, 0.25) is 0 Å². The molecule has 1 aromatic carbocycles. The molecular weight excluding hydrogens is 218 g/mol. The first-order valence-electron chi connectivity index (χ1n) is 5.58.